The summed E-state index contributed by atoms with van der Waals surface area (Å²) in [6.45, 7) is 6.30. The highest BCUT2D eigenvalue weighted by Crippen LogP contribution is 2.28. The number of rotatable bonds is 3. The average molecular weight is 273 g/mol. The fraction of sp³-hybridized carbons (Fsp3) is 0.267. The van der Waals surface area contributed by atoms with E-state index in [9.17, 15) is 0 Å². The monoisotopic (exact) mass is 273 g/mol. The van der Waals surface area contributed by atoms with Gasteiger partial charge in [0.1, 0.15) is 0 Å². The number of guanidine groups is 1. The van der Waals surface area contributed by atoms with Gasteiger partial charge in [0.25, 0.3) is 0 Å². The Morgan fingerprint density at radius 3 is 2.53 bits per heavy atom. The highest BCUT2D eigenvalue weighted by Gasteiger charge is 2.10. The van der Waals surface area contributed by atoms with Crippen LogP contribution in [0.5, 0.6) is 0 Å². The standard InChI is InChI=1S/C15H19N3S/c1-10-9-14(12(3)19-10)11(2)17-15(16)18-13-7-5-4-6-8-13/h4-9,11H,1-3H3,(H3,16,17,18). The second-order valence-electron chi connectivity index (χ2n) is 4.55. The molecule has 0 aliphatic rings. The number of benzene rings is 1. The molecular formula is C15H19N3S. The lowest BCUT2D eigenvalue weighted by Gasteiger charge is -2.10. The van der Waals surface area contributed by atoms with E-state index in [0.29, 0.717) is 5.96 Å². The number of hydrogen-bond acceptors (Lipinski definition) is 2. The summed E-state index contributed by atoms with van der Waals surface area (Å²) in [4.78, 5) is 7.12. The number of para-hydroxylation sites is 1. The van der Waals surface area contributed by atoms with Crippen molar-refractivity contribution in [3.63, 3.8) is 0 Å². The van der Waals surface area contributed by atoms with Crippen LogP contribution in [0, 0.1) is 13.8 Å². The molecule has 3 N–H and O–H groups in total. The summed E-state index contributed by atoms with van der Waals surface area (Å²) < 4.78 is 0. The van der Waals surface area contributed by atoms with Gasteiger partial charge in [0, 0.05) is 15.4 Å². The van der Waals surface area contributed by atoms with E-state index in [-0.39, 0.29) is 6.04 Å². The Hall–Kier alpha value is -1.81. The number of anilines is 1. The van der Waals surface area contributed by atoms with Gasteiger partial charge in [-0.15, -0.1) is 11.3 Å². The maximum absolute atomic E-state index is 5.94. The predicted molar refractivity (Wildman–Crippen MR) is 83.9 cm³/mol. The summed E-state index contributed by atoms with van der Waals surface area (Å²) in [6, 6.07) is 12.1. The van der Waals surface area contributed by atoms with E-state index in [1.54, 1.807) is 11.3 Å². The van der Waals surface area contributed by atoms with E-state index in [1.165, 1.54) is 15.3 Å². The lowest BCUT2D eigenvalue weighted by molar-refractivity contribution is 0.815. The topological polar surface area (TPSA) is 50.4 Å². The molecule has 1 unspecified atom stereocenters. The van der Waals surface area contributed by atoms with Gasteiger partial charge >= 0.3 is 0 Å². The van der Waals surface area contributed by atoms with Gasteiger partial charge < -0.3 is 11.1 Å². The lowest BCUT2D eigenvalue weighted by atomic mass is 10.1. The second-order valence-corrected chi connectivity index (χ2v) is 6.01. The molecule has 2 rings (SSSR count). The van der Waals surface area contributed by atoms with Crippen LogP contribution in [-0.2, 0) is 0 Å². The maximum Gasteiger partial charge on any atom is 0.193 e. The van der Waals surface area contributed by atoms with Crippen LogP contribution in [0.4, 0.5) is 5.69 Å². The Morgan fingerprint density at radius 2 is 1.95 bits per heavy atom. The van der Waals surface area contributed by atoms with Gasteiger partial charge in [-0.25, -0.2) is 4.99 Å². The Labute approximate surface area is 118 Å². The largest absolute Gasteiger partial charge is 0.370 e. The minimum atomic E-state index is 0.0705. The fourth-order valence-electron chi connectivity index (χ4n) is 2.05. The molecular weight excluding hydrogens is 254 g/mol. The first-order chi connectivity index (χ1) is 9.06. The molecule has 1 aromatic heterocycles. The van der Waals surface area contributed by atoms with Gasteiger partial charge in [0.05, 0.1) is 6.04 Å². The number of nitrogens with zero attached hydrogens (tertiary/aromatic N) is 1. The van der Waals surface area contributed by atoms with Crippen molar-refractivity contribution in [3.8, 4) is 0 Å². The van der Waals surface area contributed by atoms with E-state index in [1.807, 2.05) is 30.3 Å². The van der Waals surface area contributed by atoms with E-state index >= 15 is 0 Å². The van der Waals surface area contributed by atoms with Crippen molar-refractivity contribution in [2.45, 2.75) is 26.8 Å². The zero-order valence-electron chi connectivity index (χ0n) is 11.5. The van der Waals surface area contributed by atoms with Gasteiger partial charge in [-0.2, -0.15) is 0 Å². The van der Waals surface area contributed by atoms with Crippen LogP contribution >= 0.6 is 11.3 Å². The zero-order chi connectivity index (χ0) is 13.8. The van der Waals surface area contributed by atoms with E-state index in [4.69, 9.17) is 5.73 Å². The molecule has 0 amide bonds. The Kier molecular flexibility index (Phi) is 4.22. The molecule has 0 aliphatic carbocycles. The van der Waals surface area contributed by atoms with Crippen LogP contribution in [0.15, 0.2) is 41.4 Å². The van der Waals surface area contributed by atoms with E-state index < -0.39 is 0 Å². The number of aryl methyl sites for hydroxylation is 2. The predicted octanol–water partition coefficient (Wildman–Crippen LogP) is 3.85. The van der Waals surface area contributed by atoms with Crippen molar-refractivity contribution >= 4 is 23.0 Å². The Bertz CT molecular complexity index is 572. The highest BCUT2D eigenvalue weighted by molar-refractivity contribution is 7.12. The van der Waals surface area contributed by atoms with Gasteiger partial charge in [-0.3, -0.25) is 0 Å². The van der Waals surface area contributed by atoms with Gasteiger partial charge in [-0.1, -0.05) is 18.2 Å². The van der Waals surface area contributed by atoms with Crippen molar-refractivity contribution in [1.29, 1.82) is 0 Å². The molecule has 4 heteroatoms. The smallest absolute Gasteiger partial charge is 0.193 e. The van der Waals surface area contributed by atoms with Crippen LogP contribution in [0.25, 0.3) is 0 Å². The highest BCUT2D eigenvalue weighted by atomic mass is 32.1. The molecule has 1 heterocycles. The number of thiophene rings is 1. The quantitative estimate of drug-likeness (QED) is 0.659. The minimum Gasteiger partial charge on any atom is -0.370 e. The third-order valence-corrected chi connectivity index (χ3v) is 3.89. The molecule has 100 valence electrons. The summed E-state index contributed by atoms with van der Waals surface area (Å²) in [6.07, 6.45) is 0. The van der Waals surface area contributed by atoms with Crippen molar-refractivity contribution in [3.05, 3.63) is 51.7 Å². The summed E-state index contributed by atoms with van der Waals surface area (Å²) in [5.74, 6) is 0.446. The summed E-state index contributed by atoms with van der Waals surface area (Å²) in [5, 5.41) is 3.10. The third kappa shape index (κ3) is 3.58. The zero-order valence-corrected chi connectivity index (χ0v) is 12.3. The lowest BCUT2D eigenvalue weighted by Crippen LogP contribution is -2.23. The van der Waals surface area contributed by atoms with Crippen LogP contribution in [0.2, 0.25) is 0 Å². The molecule has 0 fully saturated rings. The number of nitrogens with one attached hydrogen (secondary N) is 1. The van der Waals surface area contributed by atoms with E-state index in [0.717, 1.165) is 5.69 Å². The molecule has 0 saturated heterocycles. The summed E-state index contributed by atoms with van der Waals surface area (Å²) in [7, 11) is 0. The van der Waals surface area contributed by atoms with Crippen molar-refractivity contribution in [1.82, 2.24) is 0 Å². The van der Waals surface area contributed by atoms with Gasteiger partial charge in [0.15, 0.2) is 5.96 Å². The molecule has 0 aliphatic heterocycles. The summed E-state index contributed by atoms with van der Waals surface area (Å²) >= 11 is 1.80. The second kappa shape index (κ2) is 5.89. The molecule has 2 aromatic rings. The maximum atomic E-state index is 5.94. The number of hydrogen-bond donors (Lipinski definition) is 2. The van der Waals surface area contributed by atoms with Crippen molar-refractivity contribution in [2.24, 2.45) is 10.7 Å². The van der Waals surface area contributed by atoms with Crippen LogP contribution < -0.4 is 11.1 Å². The van der Waals surface area contributed by atoms with Crippen molar-refractivity contribution < 1.29 is 0 Å². The first kappa shape index (κ1) is 13.6. The molecule has 3 nitrogen and oxygen atoms in total. The van der Waals surface area contributed by atoms with Gasteiger partial charge in [0.2, 0.25) is 0 Å². The Morgan fingerprint density at radius 1 is 1.26 bits per heavy atom. The molecule has 0 radical (unpaired) electrons. The number of aliphatic imine (C=N–C) groups is 1. The van der Waals surface area contributed by atoms with Crippen LogP contribution in [-0.4, -0.2) is 5.96 Å². The SMILES string of the molecule is Cc1cc(C(C)N=C(N)Nc2ccccc2)c(C)s1. The molecule has 1 aromatic carbocycles. The number of nitrogens with two attached hydrogens (primary N) is 1. The first-order valence-electron chi connectivity index (χ1n) is 6.28. The normalized spacial score (nSPS) is 13.3. The third-order valence-electron chi connectivity index (χ3n) is 2.91. The summed E-state index contributed by atoms with van der Waals surface area (Å²) in [5.41, 5.74) is 8.15. The Balaban J connectivity index is 2.10. The van der Waals surface area contributed by atoms with Crippen LogP contribution in [0.3, 0.4) is 0 Å². The van der Waals surface area contributed by atoms with Crippen molar-refractivity contribution in [2.75, 3.05) is 5.32 Å². The molecule has 0 bridgehead atoms. The minimum absolute atomic E-state index is 0.0705. The first-order valence-corrected chi connectivity index (χ1v) is 7.10. The average Bonchev–Trinajstić information content (AvgIpc) is 2.69. The molecule has 1 atom stereocenters. The van der Waals surface area contributed by atoms with Gasteiger partial charge in [-0.05, 0) is 44.5 Å². The van der Waals surface area contributed by atoms with E-state index in [2.05, 4.69) is 37.1 Å². The molecule has 19 heavy (non-hydrogen) atoms. The van der Waals surface area contributed by atoms with Crippen LogP contribution in [0.1, 0.15) is 28.3 Å². The molecule has 0 saturated carbocycles. The fourth-order valence-corrected chi connectivity index (χ4v) is 3.06. The molecule has 0 spiro atoms.